The van der Waals surface area contributed by atoms with E-state index >= 15 is 0 Å². The number of hydrogen-bond acceptors (Lipinski definition) is 6. The van der Waals surface area contributed by atoms with Gasteiger partial charge in [-0.3, -0.25) is 13.8 Å². The molecular weight excluding hydrogens is 374 g/mol. The maximum atomic E-state index is 5.74. The highest BCUT2D eigenvalue weighted by Gasteiger charge is 2.16. The van der Waals surface area contributed by atoms with Gasteiger partial charge in [-0.15, -0.1) is 0 Å². The fourth-order valence-corrected chi connectivity index (χ4v) is 3.17. The van der Waals surface area contributed by atoms with Gasteiger partial charge in [-0.1, -0.05) is 12.2 Å². The van der Waals surface area contributed by atoms with Crippen molar-refractivity contribution < 1.29 is 0 Å². The number of rotatable bonds is 4. The normalized spacial score (nSPS) is 11.9. The molecule has 10 heteroatoms. The number of nitrogens with two attached hydrogens (primary N) is 1. The van der Waals surface area contributed by atoms with E-state index in [1.54, 1.807) is 41.0 Å². The van der Waals surface area contributed by atoms with Crippen LogP contribution in [0.2, 0.25) is 0 Å². The second-order valence-electron chi connectivity index (χ2n) is 6.49. The maximum Gasteiger partial charge on any atom is 0.181 e. The van der Waals surface area contributed by atoms with E-state index < -0.39 is 0 Å². The molecule has 0 aromatic carbocycles. The van der Waals surface area contributed by atoms with Gasteiger partial charge in [-0.25, -0.2) is 9.97 Å². The summed E-state index contributed by atoms with van der Waals surface area (Å²) in [6, 6.07) is 0. The molecule has 0 bridgehead atoms. The van der Waals surface area contributed by atoms with Gasteiger partial charge in [-0.2, -0.15) is 10.2 Å². The molecule has 4 rings (SSSR count). The number of nitrogens with zero attached hydrogens (tertiary/aromatic N) is 7. The van der Waals surface area contributed by atoms with Crippen LogP contribution >= 0.6 is 12.2 Å². The van der Waals surface area contributed by atoms with Gasteiger partial charge in [0.2, 0.25) is 0 Å². The Kier molecular flexibility index (Phi) is 4.40. The third-order valence-corrected chi connectivity index (χ3v) is 4.31. The molecular formula is C18H19N9S. The number of anilines is 1. The first-order valence-electron chi connectivity index (χ1n) is 8.51. The number of thiocarbonyl (C=S) groups is 1. The largest absolute Gasteiger partial charge is 0.402 e. The Labute approximate surface area is 166 Å². The molecule has 4 heterocycles. The zero-order valence-electron chi connectivity index (χ0n) is 15.7. The van der Waals surface area contributed by atoms with Crippen molar-refractivity contribution in [1.82, 2.24) is 33.9 Å². The molecule has 0 atom stereocenters. The third kappa shape index (κ3) is 3.37. The van der Waals surface area contributed by atoms with Gasteiger partial charge >= 0.3 is 0 Å². The Morgan fingerprint density at radius 2 is 1.75 bits per heavy atom. The molecule has 0 unspecified atom stereocenters. The quantitative estimate of drug-likeness (QED) is 0.404. The van der Waals surface area contributed by atoms with Crippen molar-refractivity contribution in [2.24, 2.45) is 19.8 Å². The fraction of sp³-hybridized carbons (Fsp3) is 0.167. The van der Waals surface area contributed by atoms with E-state index in [4.69, 9.17) is 22.9 Å². The number of allylic oxidation sites excluding steroid dienone is 1. The van der Waals surface area contributed by atoms with E-state index in [0.717, 1.165) is 22.5 Å². The van der Waals surface area contributed by atoms with Gasteiger partial charge in [0.25, 0.3) is 0 Å². The van der Waals surface area contributed by atoms with Gasteiger partial charge in [0, 0.05) is 49.5 Å². The molecule has 9 nitrogen and oxygen atoms in total. The van der Waals surface area contributed by atoms with Gasteiger partial charge in [0.15, 0.2) is 11.5 Å². The molecule has 0 radical (unpaired) electrons. The minimum Gasteiger partial charge on any atom is -0.402 e. The topological polar surface area (TPSA) is 104 Å². The standard InChI is InChI=1S/C18H19N9S/c1-11(19)4-16(28)24-17-18-20-7-15(13-6-22-26(3)9-13)27(18)10-14(23-17)12-5-21-25(2)8-12/h4-10H,19H2,1-3H3,(H,23,24,28). The first-order chi connectivity index (χ1) is 13.4. The molecule has 4 aromatic heterocycles. The second-order valence-corrected chi connectivity index (χ2v) is 6.93. The van der Waals surface area contributed by atoms with E-state index in [9.17, 15) is 0 Å². The van der Waals surface area contributed by atoms with Crippen molar-refractivity contribution in [2.45, 2.75) is 6.92 Å². The highest BCUT2D eigenvalue weighted by molar-refractivity contribution is 7.81. The average Bonchev–Trinajstić information content (AvgIpc) is 3.33. The number of aryl methyl sites for hydroxylation is 2. The van der Waals surface area contributed by atoms with Crippen molar-refractivity contribution in [3.63, 3.8) is 0 Å². The van der Waals surface area contributed by atoms with Crippen molar-refractivity contribution in [2.75, 3.05) is 5.32 Å². The molecule has 28 heavy (non-hydrogen) atoms. The van der Waals surface area contributed by atoms with Gasteiger partial charge in [0.1, 0.15) is 4.99 Å². The summed E-state index contributed by atoms with van der Waals surface area (Å²) in [4.78, 5) is 9.72. The Hall–Kier alpha value is -3.53. The molecule has 0 fully saturated rings. The van der Waals surface area contributed by atoms with E-state index in [1.165, 1.54) is 0 Å². The van der Waals surface area contributed by atoms with Crippen LogP contribution in [0.25, 0.3) is 28.2 Å². The summed E-state index contributed by atoms with van der Waals surface area (Å²) in [5.74, 6) is 0.541. The first-order valence-corrected chi connectivity index (χ1v) is 8.92. The Morgan fingerprint density at radius 3 is 2.36 bits per heavy atom. The van der Waals surface area contributed by atoms with Crippen molar-refractivity contribution in [3.8, 4) is 22.5 Å². The van der Waals surface area contributed by atoms with Crippen molar-refractivity contribution >= 4 is 28.7 Å². The SMILES string of the molecule is CC(N)=CC(=S)Nc1nc(-c2cnn(C)c2)cn2c(-c3cnn(C)c3)cnc12. The molecule has 0 saturated carbocycles. The van der Waals surface area contributed by atoms with Crippen molar-refractivity contribution in [1.29, 1.82) is 0 Å². The lowest BCUT2D eigenvalue weighted by atomic mass is 10.2. The Balaban J connectivity index is 1.90. The number of nitrogens with one attached hydrogen (secondary N) is 1. The summed E-state index contributed by atoms with van der Waals surface area (Å²) in [6.45, 7) is 1.78. The summed E-state index contributed by atoms with van der Waals surface area (Å²) in [7, 11) is 3.74. The summed E-state index contributed by atoms with van der Waals surface area (Å²) in [5.41, 5.74) is 10.5. The van der Waals surface area contributed by atoms with Gasteiger partial charge in [-0.05, 0) is 13.0 Å². The summed E-state index contributed by atoms with van der Waals surface area (Å²) in [5, 5.41) is 11.6. The van der Waals surface area contributed by atoms with Crippen LogP contribution in [-0.4, -0.2) is 38.9 Å². The summed E-state index contributed by atoms with van der Waals surface area (Å²) >= 11 is 5.37. The van der Waals surface area contributed by atoms with E-state index in [1.807, 2.05) is 37.1 Å². The maximum absolute atomic E-state index is 5.74. The van der Waals surface area contributed by atoms with Crippen LogP contribution in [-0.2, 0) is 14.1 Å². The zero-order chi connectivity index (χ0) is 19.8. The minimum atomic E-state index is 0.462. The molecule has 0 saturated heterocycles. The Morgan fingerprint density at radius 1 is 1.07 bits per heavy atom. The lowest BCUT2D eigenvalue weighted by Gasteiger charge is -2.09. The molecule has 4 aromatic rings. The predicted octanol–water partition coefficient (Wildman–Crippen LogP) is 2.13. The smallest absolute Gasteiger partial charge is 0.181 e. The average molecular weight is 393 g/mol. The second kappa shape index (κ2) is 6.89. The predicted molar refractivity (Wildman–Crippen MR) is 112 cm³/mol. The van der Waals surface area contributed by atoms with Crippen LogP contribution in [0.1, 0.15) is 6.92 Å². The number of hydrogen-bond donors (Lipinski definition) is 2. The van der Waals surface area contributed by atoms with Crippen LogP contribution in [0.15, 0.2) is 49.0 Å². The van der Waals surface area contributed by atoms with Crippen LogP contribution in [0, 0.1) is 0 Å². The minimum absolute atomic E-state index is 0.462. The molecule has 0 aliphatic rings. The molecule has 0 aliphatic carbocycles. The first kappa shape index (κ1) is 17.9. The van der Waals surface area contributed by atoms with Gasteiger partial charge < -0.3 is 11.1 Å². The van der Waals surface area contributed by atoms with Gasteiger partial charge in [0.05, 0.1) is 30.0 Å². The van der Waals surface area contributed by atoms with Crippen LogP contribution < -0.4 is 11.1 Å². The molecule has 3 N–H and O–H groups in total. The lowest BCUT2D eigenvalue weighted by molar-refractivity contribution is 0.768. The summed E-state index contributed by atoms with van der Waals surface area (Å²) in [6.07, 6.45) is 12.8. The zero-order valence-corrected chi connectivity index (χ0v) is 16.5. The van der Waals surface area contributed by atoms with Crippen LogP contribution in [0.3, 0.4) is 0 Å². The van der Waals surface area contributed by atoms with Crippen molar-refractivity contribution in [3.05, 3.63) is 49.0 Å². The van der Waals surface area contributed by atoms with Crippen LogP contribution in [0.4, 0.5) is 5.82 Å². The monoisotopic (exact) mass is 393 g/mol. The number of imidazole rings is 1. The molecule has 0 amide bonds. The summed E-state index contributed by atoms with van der Waals surface area (Å²) < 4.78 is 5.45. The molecule has 142 valence electrons. The van der Waals surface area contributed by atoms with E-state index in [-0.39, 0.29) is 0 Å². The number of aromatic nitrogens is 7. The lowest BCUT2D eigenvalue weighted by Crippen LogP contribution is -2.11. The third-order valence-electron chi connectivity index (χ3n) is 4.09. The number of fused-ring (bicyclic) bond motifs is 1. The highest BCUT2D eigenvalue weighted by Crippen LogP contribution is 2.27. The highest BCUT2D eigenvalue weighted by atomic mass is 32.1. The molecule has 0 spiro atoms. The molecule has 0 aliphatic heterocycles. The van der Waals surface area contributed by atoms with E-state index in [0.29, 0.717) is 22.2 Å². The Bertz CT molecular complexity index is 1210. The van der Waals surface area contributed by atoms with Crippen LogP contribution in [0.5, 0.6) is 0 Å². The fourth-order valence-electron chi connectivity index (χ4n) is 2.89. The van der Waals surface area contributed by atoms with E-state index in [2.05, 4.69) is 20.5 Å².